The molecule has 0 saturated heterocycles. The van der Waals surface area contributed by atoms with Crippen LogP contribution < -0.4 is 15.3 Å². The molecule has 2 aromatic carbocycles. The van der Waals surface area contributed by atoms with Crippen molar-refractivity contribution < 1.29 is 19.1 Å². The van der Waals surface area contributed by atoms with Crippen molar-refractivity contribution in [1.82, 2.24) is 4.57 Å². The first-order valence-electron chi connectivity index (χ1n) is 11.3. The summed E-state index contributed by atoms with van der Waals surface area (Å²) in [6.45, 7) is 6.10. The second-order valence-electron chi connectivity index (χ2n) is 8.36. The molecule has 0 atom stereocenters. The van der Waals surface area contributed by atoms with E-state index < -0.39 is 6.09 Å². The van der Waals surface area contributed by atoms with Gasteiger partial charge in [0.2, 0.25) is 0 Å². The normalized spacial score (nSPS) is 13.8. The lowest BCUT2D eigenvalue weighted by molar-refractivity contribution is 0.130. The van der Waals surface area contributed by atoms with Crippen molar-refractivity contribution in [2.75, 3.05) is 24.3 Å². The summed E-state index contributed by atoms with van der Waals surface area (Å²) in [7, 11) is 1.37. The van der Waals surface area contributed by atoms with Gasteiger partial charge in [-0.2, -0.15) is 0 Å². The van der Waals surface area contributed by atoms with E-state index in [9.17, 15) is 10.0 Å². The van der Waals surface area contributed by atoms with E-state index in [-0.39, 0.29) is 12.1 Å². The molecule has 1 aliphatic carbocycles. The Morgan fingerprint density at radius 3 is 2.52 bits per heavy atom. The Morgan fingerprint density at radius 2 is 1.94 bits per heavy atom. The smallest absolute Gasteiger partial charge is 0.411 e. The van der Waals surface area contributed by atoms with Crippen molar-refractivity contribution >= 4 is 28.4 Å². The molecule has 4 rings (SSSR count). The number of hydrogen-bond donors (Lipinski definition) is 1. The molecule has 176 valence electrons. The maximum absolute atomic E-state index is 12.9. The maximum Gasteiger partial charge on any atom is 0.411 e. The van der Waals surface area contributed by atoms with Gasteiger partial charge < -0.3 is 24.5 Å². The summed E-state index contributed by atoms with van der Waals surface area (Å²) in [5.41, 5.74) is 3.66. The van der Waals surface area contributed by atoms with Gasteiger partial charge in [0, 0.05) is 28.7 Å². The Labute approximate surface area is 193 Å². The van der Waals surface area contributed by atoms with E-state index in [0.717, 1.165) is 47.2 Å². The van der Waals surface area contributed by atoms with Gasteiger partial charge in [0.15, 0.2) is 0 Å². The molecule has 8 heteroatoms. The minimum Gasteiger partial charge on any atom is -0.733 e. The molecule has 0 aliphatic heterocycles. The summed E-state index contributed by atoms with van der Waals surface area (Å²) >= 11 is 0. The second kappa shape index (κ2) is 9.72. The Bertz CT molecular complexity index is 1120. The number of carbonyl (C=O) groups excluding carboxylic acids is 1. The summed E-state index contributed by atoms with van der Waals surface area (Å²) < 4.78 is 13.1. The monoisotopic (exact) mass is 452 g/mol. The van der Waals surface area contributed by atoms with Crippen LogP contribution in [0.1, 0.15) is 46.1 Å². The van der Waals surface area contributed by atoms with Crippen LogP contribution in [0.5, 0.6) is 5.75 Å². The molecule has 1 saturated carbocycles. The van der Waals surface area contributed by atoms with Crippen LogP contribution in [0.25, 0.3) is 22.2 Å². The van der Waals surface area contributed by atoms with Gasteiger partial charge in [-0.3, -0.25) is 10.2 Å². The van der Waals surface area contributed by atoms with Crippen LogP contribution in [0.2, 0.25) is 0 Å². The number of anilines is 2. The number of nitrogens with zero attached hydrogens (tertiary/aromatic N) is 2. The number of ether oxygens (including phenoxy) is 2. The van der Waals surface area contributed by atoms with Crippen LogP contribution in [0.3, 0.4) is 0 Å². The second-order valence-corrected chi connectivity index (χ2v) is 8.36. The van der Waals surface area contributed by atoms with Gasteiger partial charge in [-0.15, -0.1) is 0 Å². The third kappa shape index (κ3) is 4.62. The Balaban J connectivity index is 1.82. The zero-order valence-corrected chi connectivity index (χ0v) is 19.5. The van der Waals surface area contributed by atoms with Gasteiger partial charge in [0.05, 0.1) is 36.7 Å². The Morgan fingerprint density at radius 1 is 1.21 bits per heavy atom. The van der Waals surface area contributed by atoms with Gasteiger partial charge in [-0.25, -0.2) is 4.79 Å². The summed E-state index contributed by atoms with van der Waals surface area (Å²) in [5.74, 6) is 0.763. The van der Waals surface area contributed by atoms with E-state index >= 15 is 0 Å². The highest BCUT2D eigenvalue weighted by Crippen LogP contribution is 2.47. The number of benzene rings is 2. The van der Waals surface area contributed by atoms with Crippen molar-refractivity contribution in [1.29, 1.82) is 0 Å². The number of carbonyl (C=O) groups is 1. The maximum atomic E-state index is 12.9. The molecule has 0 radical (unpaired) electrons. The number of aromatic nitrogens is 1. The molecule has 1 N–H and O–H groups in total. The van der Waals surface area contributed by atoms with Gasteiger partial charge >= 0.3 is 6.09 Å². The first-order chi connectivity index (χ1) is 15.9. The van der Waals surface area contributed by atoms with Crippen LogP contribution in [0.4, 0.5) is 16.2 Å². The molecular formula is C25H30N3O5-. The van der Waals surface area contributed by atoms with Crippen molar-refractivity contribution in [3.8, 4) is 17.0 Å². The number of amides is 1. The predicted molar refractivity (Wildman–Crippen MR) is 130 cm³/mol. The fourth-order valence-corrected chi connectivity index (χ4v) is 4.18. The fourth-order valence-electron chi connectivity index (χ4n) is 4.18. The van der Waals surface area contributed by atoms with Crippen molar-refractivity contribution in [3.63, 3.8) is 0 Å². The largest absolute Gasteiger partial charge is 0.733 e. The quantitative estimate of drug-likeness (QED) is 0.406. The molecule has 1 aliphatic rings. The highest BCUT2D eigenvalue weighted by Gasteiger charge is 2.28. The van der Waals surface area contributed by atoms with E-state index in [0.29, 0.717) is 23.2 Å². The number of fused-ring (bicyclic) bond motifs is 1. The number of hydrogen-bond acceptors (Lipinski definition) is 6. The van der Waals surface area contributed by atoms with E-state index in [1.165, 1.54) is 7.11 Å². The number of rotatable bonds is 8. The molecule has 1 heterocycles. The van der Waals surface area contributed by atoms with E-state index in [4.69, 9.17) is 14.3 Å². The van der Waals surface area contributed by atoms with Gasteiger partial charge in [-0.1, -0.05) is 12.1 Å². The summed E-state index contributed by atoms with van der Waals surface area (Å²) in [5, 5.41) is 17.0. The number of nitrogens with one attached hydrogen (secondary N) is 1. The standard InChI is InChI=1S/C25H30N3O5/c1-5-32-20-13-14-21-22(15-20)27(19-7-6-8-19)23(24(21)28(30)31-4)17-9-11-18(12-10-17)26-25(29)33-16(2)3/h9-16,19H,5-8H2,1-4H3,(H,26,29)/q-1. The highest BCUT2D eigenvalue weighted by atomic mass is 16.9. The lowest BCUT2D eigenvalue weighted by Gasteiger charge is -2.32. The van der Waals surface area contributed by atoms with Crippen LogP contribution in [0, 0.1) is 5.21 Å². The minimum atomic E-state index is -0.504. The summed E-state index contributed by atoms with van der Waals surface area (Å²) in [6, 6.07) is 13.5. The lowest BCUT2D eigenvalue weighted by Crippen LogP contribution is -2.19. The van der Waals surface area contributed by atoms with Crippen molar-refractivity contribution in [2.24, 2.45) is 0 Å². The Kier molecular flexibility index (Phi) is 6.76. The zero-order valence-electron chi connectivity index (χ0n) is 19.5. The minimum absolute atomic E-state index is 0.205. The third-order valence-electron chi connectivity index (χ3n) is 5.80. The molecule has 0 spiro atoms. The van der Waals surface area contributed by atoms with Crippen molar-refractivity contribution in [3.05, 3.63) is 47.7 Å². The van der Waals surface area contributed by atoms with Crippen LogP contribution >= 0.6 is 0 Å². The summed E-state index contributed by atoms with van der Waals surface area (Å²) in [6.07, 6.45) is 2.53. The zero-order chi connectivity index (χ0) is 23.5. The molecule has 1 fully saturated rings. The van der Waals surface area contributed by atoms with Gasteiger partial charge in [-0.05, 0) is 64.3 Å². The fraction of sp³-hybridized carbons (Fsp3) is 0.400. The average molecular weight is 453 g/mol. The topological polar surface area (TPSA) is 88.0 Å². The van der Waals surface area contributed by atoms with E-state index in [2.05, 4.69) is 9.88 Å². The van der Waals surface area contributed by atoms with Crippen molar-refractivity contribution in [2.45, 2.75) is 52.2 Å². The molecule has 33 heavy (non-hydrogen) atoms. The Hall–Kier alpha value is -3.23. The van der Waals surface area contributed by atoms with Gasteiger partial charge in [0.25, 0.3) is 0 Å². The summed E-state index contributed by atoms with van der Waals surface area (Å²) in [4.78, 5) is 17.0. The molecule has 1 aromatic heterocycles. The SMILES string of the molecule is CCOc1ccc2c(N([O-])OC)c(-c3ccc(NC(=O)OC(C)C)cc3)n(C3CCC3)c2c1. The molecule has 0 unspecified atom stereocenters. The lowest BCUT2D eigenvalue weighted by atomic mass is 9.92. The molecular weight excluding hydrogens is 422 g/mol. The first kappa shape index (κ1) is 22.9. The van der Waals surface area contributed by atoms with E-state index in [1.54, 1.807) is 26.0 Å². The average Bonchev–Trinajstić information content (AvgIpc) is 3.06. The predicted octanol–water partition coefficient (Wildman–Crippen LogP) is 6.25. The third-order valence-corrected chi connectivity index (χ3v) is 5.80. The molecule has 0 bridgehead atoms. The molecule has 3 aromatic rings. The molecule has 1 amide bonds. The highest BCUT2D eigenvalue weighted by molar-refractivity contribution is 6.03. The van der Waals surface area contributed by atoms with E-state index in [1.807, 2.05) is 37.3 Å². The molecule has 8 nitrogen and oxygen atoms in total. The van der Waals surface area contributed by atoms with Gasteiger partial charge in [0.1, 0.15) is 5.75 Å². The first-order valence-corrected chi connectivity index (χ1v) is 11.3. The van der Waals surface area contributed by atoms with Crippen LogP contribution in [-0.4, -0.2) is 30.5 Å². The van der Waals surface area contributed by atoms with Crippen LogP contribution in [0.15, 0.2) is 42.5 Å². The van der Waals surface area contributed by atoms with Crippen LogP contribution in [-0.2, 0) is 9.57 Å².